The van der Waals surface area contributed by atoms with Crippen LogP contribution in [0.3, 0.4) is 0 Å². The predicted molar refractivity (Wildman–Crippen MR) is 42.3 cm³/mol. The molecule has 3 heteroatoms. The lowest BCUT2D eigenvalue weighted by Crippen LogP contribution is -2.36. The lowest BCUT2D eigenvalue weighted by atomic mass is 10.1. The lowest BCUT2D eigenvalue weighted by Gasteiger charge is -2.19. The van der Waals surface area contributed by atoms with E-state index in [2.05, 4.69) is 5.32 Å². The van der Waals surface area contributed by atoms with Gasteiger partial charge < -0.3 is 10.1 Å². The molecule has 0 bridgehead atoms. The van der Waals surface area contributed by atoms with Crippen molar-refractivity contribution in [3.05, 3.63) is 0 Å². The molecule has 64 valence electrons. The van der Waals surface area contributed by atoms with Crippen LogP contribution in [0.5, 0.6) is 0 Å². The van der Waals surface area contributed by atoms with E-state index in [0.717, 1.165) is 19.4 Å². The van der Waals surface area contributed by atoms with Crippen molar-refractivity contribution >= 4 is 6.47 Å². The molecule has 0 aromatic carbocycles. The number of hydrogen-bond acceptors (Lipinski definition) is 3. The van der Waals surface area contributed by atoms with Crippen molar-refractivity contribution in [1.29, 1.82) is 0 Å². The molecule has 0 spiro atoms. The van der Waals surface area contributed by atoms with E-state index in [1.807, 2.05) is 6.92 Å². The van der Waals surface area contributed by atoms with E-state index < -0.39 is 0 Å². The molecule has 1 aliphatic heterocycles. The van der Waals surface area contributed by atoms with E-state index in [-0.39, 0.29) is 6.10 Å². The summed E-state index contributed by atoms with van der Waals surface area (Å²) in [5.41, 5.74) is 0. The third-order valence-corrected chi connectivity index (χ3v) is 2.18. The van der Waals surface area contributed by atoms with Crippen molar-refractivity contribution in [3.63, 3.8) is 0 Å². The average molecular weight is 157 g/mol. The zero-order valence-electron chi connectivity index (χ0n) is 6.88. The largest absolute Gasteiger partial charge is 0.463 e. The fourth-order valence-corrected chi connectivity index (χ4v) is 1.58. The van der Waals surface area contributed by atoms with Gasteiger partial charge in [0.1, 0.15) is 6.10 Å². The molecule has 11 heavy (non-hydrogen) atoms. The Kier molecular flexibility index (Phi) is 3.36. The Morgan fingerprint density at radius 1 is 1.82 bits per heavy atom. The first-order valence-corrected chi connectivity index (χ1v) is 4.21. The van der Waals surface area contributed by atoms with E-state index in [9.17, 15) is 4.79 Å². The minimum Gasteiger partial charge on any atom is -0.463 e. The summed E-state index contributed by atoms with van der Waals surface area (Å²) in [6.45, 7) is 3.64. The lowest BCUT2D eigenvalue weighted by molar-refractivity contribution is -0.134. The summed E-state index contributed by atoms with van der Waals surface area (Å²) >= 11 is 0. The van der Waals surface area contributed by atoms with E-state index >= 15 is 0 Å². The van der Waals surface area contributed by atoms with Gasteiger partial charge in [-0.1, -0.05) is 6.92 Å². The molecule has 2 unspecified atom stereocenters. The van der Waals surface area contributed by atoms with Crippen LogP contribution in [0, 0.1) is 0 Å². The molecule has 1 saturated heterocycles. The summed E-state index contributed by atoms with van der Waals surface area (Å²) in [6, 6.07) is 0.394. The second-order valence-electron chi connectivity index (χ2n) is 2.88. The summed E-state index contributed by atoms with van der Waals surface area (Å²) < 4.78 is 4.93. The van der Waals surface area contributed by atoms with Gasteiger partial charge in [-0.2, -0.15) is 0 Å². The van der Waals surface area contributed by atoms with Crippen LogP contribution >= 0.6 is 0 Å². The maximum atomic E-state index is 10.1. The van der Waals surface area contributed by atoms with Gasteiger partial charge >= 0.3 is 0 Å². The third kappa shape index (κ3) is 2.19. The van der Waals surface area contributed by atoms with E-state index in [1.54, 1.807) is 0 Å². The van der Waals surface area contributed by atoms with E-state index in [1.165, 1.54) is 6.42 Å². The molecule has 0 aromatic heterocycles. The SMILES string of the molecule is CCC(OC=O)C1CCCN1. The molecule has 1 heterocycles. The first kappa shape index (κ1) is 8.53. The van der Waals surface area contributed by atoms with Crippen LogP contribution in [0.2, 0.25) is 0 Å². The van der Waals surface area contributed by atoms with E-state index in [4.69, 9.17) is 4.74 Å². The van der Waals surface area contributed by atoms with Crippen molar-refractivity contribution in [2.24, 2.45) is 0 Å². The van der Waals surface area contributed by atoms with Crippen LogP contribution in [0.1, 0.15) is 26.2 Å². The van der Waals surface area contributed by atoms with Crippen LogP contribution in [-0.2, 0) is 9.53 Å². The molecule has 1 aliphatic rings. The number of nitrogens with one attached hydrogen (secondary N) is 1. The van der Waals surface area contributed by atoms with Crippen molar-refractivity contribution in [3.8, 4) is 0 Å². The third-order valence-electron chi connectivity index (χ3n) is 2.18. The quantitative estimate of drug-likeness (QED) is 0.610. The Hall–Kier alpha value is -0.570. The van der Waals surface area contributed by atoms with Gasteiger partial charge in [-0.25, -0.2) is 0 Å². The second kappa shape index (κ2) is 4.34. The maximum absolute atomic E-state index is 10.1. The van der Waals surface area contributed by atoms with Crippen molar-refractivity contribution in [1.82, 2.24) is 5.32 Å². The maximum Gasteiger partial charge on any atom is 0.293 e. The Morgan fingerprint density at radius 3 is 3.09 bits per heavy atom. The molecule has 3 nitrogen and oxygen atoms in total. The second-order valence-corrected chi connectivity index (χ2v) is 2.88. The Labute approximate surface area is 67.1 Å². The minimum atomic E-state index is 0.0787. The van der Waals surface area contributed by atoms with Gasteiger partial charge in [0.25, 0.3) is 6.47 Å². The highest BCUT2D eigenvalue weighted by Gasteiger charge is 2.23. The van der Waals surface area contributed by atoms with Gasteiger partial charge in [-0.3, -0.25) is 4.79 Å². The zero-order valence-corrected chi connectivity index (χ0v) is 6.88. The molecule has 0 radical (unpaired) electrons. The summed E-state index contributed by atoms with van der Waals surface area (Å²) in [7, 11) is 0. The molecule has 0 aliphatic carbocycles. The monoisotopic (exact) mass is 157 g/mol. The fourth-order valence-electron chi connectivity index (χ4n) is 1.58. The number of rotatable bonds is 4. The van der Waals surface area contributed by atoms with Gasteiger partial charge in [0.15, 0.2) is 0 Å². The fraction of sp³-hybridized carbons (Fsp3) is 0.875. The minimum absolute atomic E-state index is 0.0787. The standard InChI is InChI=1S/C8H15NO2/c1-2-8(11-6-10)7-4-3-5-9-7/h6-9H,2-5H2,1H3. The molecular weight excluding hydrogens is 142 g/mol. The molecule has 0 amide bonds. The Morgan fingerprint density at radius 2 is 2.64 bits per heavy atom. The van der Waals surface area contributed by atoms with Gasteiger partial charge in [0.2, 0.25) is 0 Å². The van der Waals surface area contributed by atoms with Crippen LogP contribution in [-0.4, -0.2) is 25.2 Å². The molecule has 2 atom stereocenters. The zero-order chi connectivity index (χ0) is 8.10. The van der Waals surface area contributed by atoms with Gasteiger partial charge in [0.05, 0.1) is 0 Å². The predicted octanol–water partition coefficient (Wildman–Crippen LogP) is 0.690. The summed E-state index contributed by atoms with van der Waals surface area (Å²) in [5, 5.41) is 3.31. The number of ether oxygens (including phenoxy) is 1. The number of carbonyl (C=O) groups excluding carboxylic acids is 1. The van der Waals surface area contributed by atoms with E-state index in [0.29, 0.717) is 12.5 Å². The first-order valence-electron chi connectivity index (χ1n) is 4.21. The molecule has 1 fully saturated rings. The van der Waals surface area contributed by atoms with Crippen LogP contribution < -0.4 is 5.32 Å². The highest BCUT2D eigenvalue weighted by Crippen LogP contribution is 2.13. The Bertz CT molecular complexity index is 121. The normalized spacial score (nSPS) is 26.5. The highest BCUT2D eigenvalue weighted by molar-refractivity contribution is 5.37. The molecular formula is C8H15NO2. The smallest absolute Gasteiger partial charge is 0.293 e. The first-order chi connectivity index (χ1) is 5.38. The highest BCUT2D eigenvalue weighted by atomic mass is 16.5. The summed E-state index contributed by atoms with van der Waals surface area (Å²) in [4.78, 5) is 10.1. The van der Waals surface area contributed by atoms with Gasteiger partial charge in [0, 0.05) is 6.04 Å². The van der Waals surface area contributed by atoms with Crippen molar-refractivity contribution < 1.29 is 9.53 Å². The molecule has 0 saturated carbocycles. The number of hydrogen-bond donors (Lipinski definition) is 1. The van der Waals surface area contributed by atoms with Gasteiger partial charge in [-0.05, 0) is 25.8 Å². The van der Waals surface area contributed by atoms with Crippen LogP contribution in [0.25, 0.3) is 0 Å². The van der Waals surface area contributed by atoms with Crippen molar-refractivity contribution in [2.45, 2.75) is 38.3 Å². The average Bonchev–Trinajstić information content (AvgIpc) is 2.52. The number of carbonyl (C=O) groups is 1. The topological polar surface area (TPSA) is 38.3 Å². The van der Waals surface area contributed by atoms with Crippen LogP contribution in [0.15, 0.2) is 0 Å². The molecule has 0 aromatic rings. The summed E-state index contributed by atoms with van der Waals surface area (Å²) in [6.07, 6.45) is 3.31. The van der Waals surface area contributed by atoms with Crippen LogP contribution in [0.4, 0.5) is 0 Å². The summed E-state index contributed by atoms with van der Waals surface area (Å²) in [5.74, 6) is 0. The Balaban J connectivity index is 2.33. The van der Waals surface area contributed by atoms with Gasteiger partial charge in [-0.15, -0.1) is 0 Å². The molecule has 1 rings (SSSR count). The molecule has 1 N–H and O–H groups in total. The van der Waals surface area contributed by atoms with Crippen molar-refractivity contribution in [2.75, 3.05) is 6.54 Å².